The van der Waals surface area contributed by atoms with Gasteiger partial charge in [0.15, 0.2) is 12.2 Å². The number of unbranched alkanes of at least 4 members (excludes halogenated alkanes) is 34. The number of carbonyl (C=O) groups excluding carboxylic acids is 4. The van der Waals surface area contributed by atoms with E-state index in [1.165, 1.54) is 167 Å². The Morgan fingerprint density at radius 3 is 0.789 bits per heavy atom. The first-order valence-corrected chi connectivity index (χ1v) is 40.0. The highest BCUT2D eigenvalue weighted by Gasteiger charge is 2.30. The summed E-state index contributed by atoms with van der Waals surface area (Å²) >= 11 is 0. The summed E-state index contributed by atoms with van der Waals surface area (Å²) in [5.41, 5.74) is 0. The van der Waals surface area contributed by atoms with Crippen molar-refractivity contribution in [1.82, 2.24) is 0 Å². The Labute approximate surface area is 549 Å². The van der Waals surface area contributed by atoms with Crippen molar-refractivity contribution in [3.8, 4) is 0 Å². The zero-order valence-electron chi connectivity index (χ0n) is 58.6. The van der Waals surface area contributed by atoms with Crippen LogP contribution >= 0.6 is 15.6 Å². The molecule has 0 saturated carbocycles. The fourth-order valence-electron chi connectivity index (χ4n) is 10.6. The molecule has 0 bridgehead atoms. The highest BCUT2D eigenvalue weighted by molar-refractivity contribution is 7.47. The number of carbonyl (C=O) groups is 4. The Kier molecular flexibility index (Phi) is 60.6. The Morgan fingerprint density at radius 1 is 0.311 bits per heavy atom. The third-order valence-electron chi connectivity index (χ3n) is 17.5. The van der Waals surface area contributed by atoms with Crippen molar-refractivity contribution in [2.75, 3.05) is 39.6 Å². The number of aliphatic hydroxyl groups is 1. The quantitative estimate of drug-likeness (QED) is 0.0222. The van der Waals surface area contributed by atoms with Crippen LogP contribution in [0.4, 0.5) is 0 Å². The molecular formula is C71H138O17P2. The van der Waals surface area contributed by atoms with Crippen molar-refractivity contribution in [1.29, 1.82) is 0 Å². The van der Waals surface area contributed by atoms with E-state index >= 15 is 0 Å². The van der Waals surface area contributed by atoms with Gasteiger partial charge in [0, 0.05) is 25.7 Å². The maximum Gasteiger partial charge on any atom is 0.472 e. The van der Waals surface area contributed by atoms with Crippen LogP contribution in [0.3, 0.4) is 0 Å². The largest absolute Gasteiger partial charge is 0.472 e. The van der Waals surface area contributed by atoms with E-state index in [0.717, 1.165) is 108 Å². The summed E-state index contributed by atoms with van der Waals surface area (Å²) < 4.78 is 68.3. The van der Waals surface area contributed by atoms with Crippen LogP contribution < -0.4 is 0 Å². The van der Waals surface area contributed by atoms with Gasteiger partial charge in [0.1, 0.15) is 19.3 Å². The topological polar surface area (TPSA) is 237 Å². The van der Waals surface area contributed by atoms with Gasteiger partial charge in [-0.3, -0.25) is 37.3 Å². The summed E-state index contributed by atoms with van der Waals surface area (Å²) in [6.45, 7) is 11.9. The number of aliphatic hydroxyl groups excluding tert-OH is 1. The number of ether oxygens (including phenoxy) is 4. The molecule has 0 radical (unpaired) electrons. The molecule has 8 atom stereocenters. The Hall–Kier alpha value is -1.94. The lowest BCUT2D eigenvalue weighted by Crippen LogP contribution is -2.30. The van der Waals surface area contributed by atoms with Crippen molar-refractivity contribution < 1.29 is 80.2 Å². The van der Waals surface area contributed by atoms with Gasteiger partial charge in [-0.2, -0.15) is 0 Å². The first-order chi connectivity index (χ1) is 43.3. The maximum atomic E-state index is 13.0. The lowest BCUT2D eigenvalue weighted by molar-refractivity contribution is -0.161. The monoisotopic (exact) mass is 1320 g/mol. The SMILES string of the molecule is CCCCCCCCCCCCC(=O)OC[C@H](COP(=O)(O)OC[C@H](O)COP(=O)(O)OC[C@@H](COC(=O)CCCCCCCCCCC(C)CC)OC(=O)CCCCCCCCCCCCCCCCC(C)CC)OC(=O)CCCCCCCCC(C)CC. The summed E-state index contributed by atoms with van der Waals surface area (Å²) in [5.74, 6) is 0.216. The second-order valence-corrected chi connectivity index (χ2v) is 29.3. The minimum Gasteiger partial charge on any atom is -0.462 e. The molecule has 5 unspecified atom stereocenters. The average molecular weight is 1330 g/mol. The summed E-state index contributed by atoms with van der Waals surface area (Å²) in [7, 11) is -9.90. The van der Waals surface area contributed by atoms with Crippen LogP contribution in [0.2, 0.25) is 0 Å². The summed E-state index contributed by atoms with van der Waals surface area (Å²) in [6.07, 6.45) is 45.7. The van der Waals surface area contributed by atoms with Crippen LogP contribution in [0.15, 0.2) is 0 Å². The van der Waals surface area contributed by atoms with Crippen molar-refractivity contribution >= 4 is 39.5 Å². The van der Waals surface area contributed by atoms with Crippen molar-refractivity contribution in [3.63, 3.8) is 0 Å². The van der Waals surface area contributed by atoms with E-state index in [-0.39, 0.29) is 25.7 Å². The van der Waals surface area contributed by atoms with Gasteiger partial charge in [0.05, 0.1) is 26.4 Å². The predicted octanol–water partition coefficient (Wildman–Crippen LogP) is 20.2. The first-order valence-electron chi connectivity index (χ1n) is 37.0. The van der Waals surface area contributed by atoms with E-state index < -0.39 is 97.5 Å². The number of esters is 4. The van der Waals surface area contributed by atoms with Crippen LogP contribution in [0.5, 0.6) is 0 Å². The normalized spacial score (nSPS) is 15.1. The number of hydrogen-bond donors (Lipinski definition) is 3. The van der Waals surface area contributed by atoms with Gasteiger partial charge in [-0.25, -0.2) is 9.13 Å². The number of rotatable bonds is 69. The molecular weight excluding hydrogens is 1190 g/mol. The highest BCUT2D eigenvalue weighted by atomic mass is 31.2. The molecule has 0 spiro atoms. The molecule has 0 aromatic heterocycles. The molecule has 90 heavy (non-hydrogen) atoms. The third kappa shape index (κ3) is 61.0. The maximum absolute atomic E-state index is 13.0. The summed E-state index contributed by atoms with van der Waals surface area (Å²) in [6, 6.07) is 0. The van der Waals surface area contributed by atoms with Crippen LogP contribution in [0, 0.1) is 17.8 Å². The van der Waals surface area contributed by atoms with E-state index in [2.05, 4.69) is 48.5 Å². The smallest absolute Gasteiger partial charge is 0.462 e. The minimum absolute atomic E-state index is 0.103. The lowest BCUT2D eigenvalue weighted by atomic mass is 9.99. The Balaban J connectivity index is 5.23. The molecule has 0 aliphatic rings. The zero-order valence-corrected chi connectivity index (χ0v) is 60.4. The standard InChI is InChI=1S/C71H138O17P2/c1-8-12-13-14-15-16-24-30-38-45-52-68(73)81-59-67(88-71(76)55-48-41-34-33-37-44-51-64(7)11-4)61-86-90(79,80)84-57-65(72)56-83-89(77,78)85-60-66(58-82-69(74)53-46-39-31-27-26-29-36-43-50-63(6)10-3)87-70(75)54-47-40-32-25-22-20-18-17-19-21-23-28-35-42-49-62(5)9-2/h62-67,72H,8-61H2,1-7H3,(H,77,78)(H,79,80)/t62?,63?,64?,65-,66-,67-/m1/s1. The number of phosphoric ester groups is 2. The Bertz CT molecular complexity index is 1770. The van der Waals surface area contributed by atoms with E-state index in [0.29, 0.717) is 25.7 Å². The van der Waals surface area contributed by atoms with Gasteiger partial charge >= 0.3 is 39.5 Å². The third-order valence-corrected chi connectivity index (χ3v) is 19.4. The molecule has 0 heterocycles. The first kappa shape index (κ1) is 88.1. The second-order valence-electron chi connectivity index (χ2n) is 26.4. The fraction of sp³-hybridized carbons (Fsp3) is 0.944. The van der Waals surface area contributed by atoms with Gasteiger partial charge in [0.2, 0.25) is 0 Å². The van der Waals surface area contributed by atoms with Gasteiger partial charge in [-0.1, -0.05) is 305 Å². The van der Waals surface area contributed by atoms with Gasteiger partial charge in [-0.15, -0.1) is 0 Å². The van der Waals surface area contributed by atoms with Crippen molar-refractivity contribution in [3.05, 3.63) is 0 Å². The molecule has 19 heteroatoms. The van der Waals surface area contributed by atoms with Crippen LogP contribution in [-0.2, 0) is 65.4 Å². The molecule has 17 nitrogen and oxygen atoms in total. The number of hydrogen-bond acceptors (Lipinski definition) is 15. The van der Waals surface area contributed by atoms with E-state index in [1.54, 1.807) is 0 Å². The van der Waals surface area contributed by atoms with E-state index in [9.17, 15) is 43.2 Å². The molecule has 0 aliphatic carbocycles. The van der Waals surface area contributed by atoms with E-state index in [4.69, 9.17) is 37.0 Å². The summed E-state index contributed by atoms with van der Waals surface area (Å²) in [4.78, 5) is 72.5. The molecule has 0 saturated heterocycles. The van der Waals surface area contributed by atoms with Crippen molar-refractivity contribution in [2.45, 2.75) is 375 Å². The van der Waals surface area contributed by atoms with Crippen LogP contribution in [0.1, 0.15) is 357 Å². The molecule has 0 aromatic rings. The second kappa shape index (κ2) is 61.9. The molecule has 534 valence electrons. The summed E-state index contributed by atoms with van der Waals surface area (Å²) in [5, 5.41) is 10.6. The lowest BCUT2D eigenvalue weighted by Gasteiger charge is -2.21. The zero-order chi connectivity index (χ0) is 66.6. The Morgan fingerprint density at radius 2 is 0.533 bits per heavy atom. The highest BCUT2D eigenvalue weighted by Crippen LogP contribution is 2.45. The van der Waals surface area contributed by atoms with Gasteiger partial charge in [0.25, 0.3) is 0 Å². The predicted molar refractivity (Wildman–Crippen MR) is 363 cm³/mol. The average Bonchev–Trinajstić information content (AvgIpc) is 3.51. The van der Waals surface area contributed by atoms with Crippen molar-refractivity contribution in [2.24, 2.45) is 17.8 Å². The number of phosphoric acid groups is 2. The van der Waals surface area contributed by atoms with Gasteiger partial charge < -0.3 is 33.8 Å². The van der Waals surface area contributed by atoms with Gasteiger partial charge in [-0.05, 0) is 43.4 Å². The van der Waals surface area contributed by atoms with Crippen LogP contribution in [0.25, 0.3) is 0 Å². The molecule has 0 aromatic carbocycles. The fourth-order valence-corrected chi connectivity index (χ4v) is 12.2. The van der Waals surface area contributed by atoms with E-state index in [1.807, 2.05) is 0 Å². The minimum atomic E-state index is -4.95. The molecule has 0 rings (SSSR count). The molecule has 0 fully saturated rings. The molecule has 3 N–H and O–H groups in total. The molecule has 0 amide bonds. The van der Waals surface area contributed by atoms with Crippen LogP contribution in [-0.4, -0.2) is 96.7 Å². The molecule has 0 aliphatic heterocycles.